The fourth-order valence-corrected chi connectivity index (χ4v) is 4.97. The van der Waals surface area contributed by atoms with Crippen LogP contribution in [0.4, 0.5) is 0 Å². The number of nitrogens with zero attached hydrogens (tertiary/aromatic N) is 2. The van der Waals surface area contributed by atoms with Crippen molar-refractivity contribution in [3.63, 3.8) is 0 Å². The van der Waals surface area contributed by atoms with Crippen molar-refractivity contribution >= 4 is 6.08 Å². The molecule has 6 heteroatoms. The van der Waals surface area contributed by atoms with Crippen molar-refractivity contribution < 1.29 is 14.2 Å². The van der Waals surface area contributed by atoms with E-state index in [1.807, 2.05) is 54.6 Å². The van der Waals surface area contributed by atoms with E-state index in [0.717, 1.165) is 46.1 Å². The Hall–Kier alpha value is -4.47. The van der Waals surface area contributed by atoms with Crippen LogP contribution >= 0.6 is 0 Å². The highest BCUT2D eigenvalue weighted by Gasteiger charge is 2.37. The zero-order valence-corrected chi connectivity index (χ0v) is 21.0. The van der Waals surface area contributed by atoms with Crippen molar-refractivity contribution in [1.82, 2.24) is 4.90 Å². The van der Waals surface area contributed by atoms with Crippen LogP contribution in [0.15, 0.2) is 107 Å². The minimum Gasteiger partial charge on any atom is -0.497 e. The SMILES string of the molecule is COc1ccc(/C=C2\CN(Cc3ccccc3)CC3=C2OC(N)=C(C#N)C3c2ccc(OC)cc2)cc1. The lowest BCUT2D eigenvalue weighted by Gasteiger charge is -2.38. The molecule has 0 aromatic heterocycles. The van der Waals surface area contributed by atoms with Gasteiger partial charge in [0.15, 0.2) is 0 Å². The molecule has 0 amide bonds. The molecule has 0 spiro atoms. The van der Waals surface area contributed by atoms with Crippen molar-refractivity contribution in [2.45, 2.75) is 12.5 Å². The van der Waals surface area contributed by atoms with Gasteiger partial charge in [-0.1, -0.05) is 54.6 Å². The maximum Gasteiger partial charge on any atom is 0.205 e. The molecule has 0 saturated carbocycles. The Balaban J connectivity index is 1.61. The Morgan fingerprint density at radius 3 is 2.22 bits per heavy atom. The van der Waals surface area contributed by atoms with Gasteiger partial charge in [0.05, 0.1) is 20.1 Å². The van der Waals surface area contributed by atoms with Crippen molar-refractivity contribution in [2.24, 2.45) is 5.73 Å². The molecule has 1 atom stereocenters. The molecule has 2 heterocycles. The second kappa shape index (κ2) is 10.7. The molecule has 5 rings (SSSR count). The lowest BCUT2D eigenvalue weighted by molar-refractivity contribution is 0.230. The van der Waals surface area contributed by atoms with E-state index >= 15 is 0 Å². The highest BCUT2D eigenvalue weighted by molar-refractivity contribution is 5.63. The van der Waals surface area contributed by atoms with E-state index in [1.165, 1.54) is 5.56 Å². The number of ether oxygens (including phenoxy) is 3. The Morgan fingerprint density at radius 2 is 1.59 bits per heavy atom. The molecule has 3 aromatic carbocycles. The summed E-state index contributed by atoms with van der Waals surface area (Å²) >= 11 is 0. The summed E-state index contributed by atoms with van der Waals surface area (Å²) in [5, 5.41) is 10.1. The van der Waals surface area contributed by atoms with E-state index < -0.39 is 0 Å². The quantitative estimate of drug-likeness (QED) is 0.500. The molecule has 2 N–H and O–H groups in total. The van der Waals surface area contributed by atoms with Gasteiger partial charge in [-0.15, -0.1) is 0 Å². The van der Waals surface area contributed by atoms with Gasteiger partial charge in [-0.05, 0) is 52.6 Å². The van der Waals surface area contributed by atoms with E-state index in [0.29, 0.717) is 18.7 Å². The van der Waals surface area contributed by atoms with Crippen LogP contribution in [0.3, 0.4) is 0 Å². The standard InChI is InChI=1S/C31H29N3O3/c1-35-25-12-8-21(9-13-25)16-24-19-34(18-22-6-4-3-5-7-22)20-28-29(23-10-14-26(36-2)15-11-23)27(17-32)31(33)37-30(24)28/h3-16,29H,18-20,33H2,1-2H3/b24-16+. The van der Waals surface area contributed by atoms with E-state index in [2.05, 4.69) is 41.3 Å². The summed E-state index contributed by atoms with van der Waals surface area (Å²) in [6.07, 6.45) is 2.13. The number of benzene rings is 3. The van der Waals surface area contributed by atoms with Crippen LogP contribution in [0.1, 0.15) is 22.6 Å². The van der Waals surface area contributed by atoms with Crippen LogP contribution in [0, 0.1) is 11.3 Å². The molecular formula is C31H29N3O3. The first kappa shape index (κ1) is 24.2. The molecule has 0 radical (unpaired) electrons. The number of nitrogens with two attached hydrogens (primary N) is 1. The van der Waals surface area contributed by atoms with Crippen LogP contribution in [-0.4, -0.2) is 32.2 Å². The summed E-state index contributed by atoms with van der Waals surface area (Å²) in [6, 6.07) is 28.4. The molecule has 37 heavy (non-hydrogen) atoms. The molecular weight excluding hydrogens is 462 g/mol. The third kappa shape index (κ3) is 5.09. The van der Waals surface area contributed by atoms with Gasteiger partial charge in [-0.2, -0.15) is 5.26 Å². The number of rotatable bonds is 6. The van der Waals surface area contributed by atoms with Gasteiger partial charge in [-0.3, -0.25) is 4.90 Å². The predicted molar refractivity (Wildman–Crippen MR) is 143 cm³/mol. The normalized spacial score (nSPS) is 18.7. The van der Waals surface area contributed by atoms with Gasteiger partial charge < -0.3 is 19.9 Å². The van der Waals surface area contributed by atoms with Crippen molar-refractivity contribution in [3.05, 3.63) is 124 Å². The number of hydrogen-bond acceptors (Lipinski definition) is 6. The van der Waals surface area contributed by atoms with Crippen LogP contribution < -0.4 is 15.2 Å². The maximum absolute atomic E-state index is 10.1. The summed E-state index contributed by atoms with van der Waals surface area (Å²) < 4.78 is 16.9. The summed E-state index contributed by atoms with van der Waals surface area (Å²) in [5.41, 5.74) is 12.0. The Bertz CT molecular complexity index is 1400. The third-order valence-corrected chi connectivity index (χ3v) is 6.76. The van der Waals surface area contributed by atoms with Crippen LogP contribution in [0.5, 0.6) is 11.5 Å². The van der Waals surface area contributed by atoms with E-state index in [-0.39, 0.29) is 11.8 Å². The second-order valence-corrected chi connectivity index (χ2v) is 9.13. The molecule has 0 bridgehead atoms. The van der Waals surface area contributed by atoms with Gasteiger partial charge in [0, 0.05) is 25.2 Å². The minimum absolute atomic E-state index is 0.152. The monoisotopic (exact) mass is 491 g/mol. The average molecular weight is 492 g/mol. The first-order chi connectivity index (χ1) is 18.1. The number of methoxy groups -OCH3 is 2. The topological polar surface area (TPSA) is 80.7 Å². The molecule has 6 nitrogen and oxygen atoms in total. The van der Waals surface area contributed by atoms with E-state index in [4.69, 9.17) is 19.9 Å². The maximum atomic E-state index is 10.1. The Morgan fingerprint density at radius 1 is 0.946 bits per heavy atom. The third-order valence-electron chi connectivity index (χ3n) is 6.76. The van der Waals surface area contributed by atoms with Crippen LogP contribution in [-0.2, 0) is 11.3 Å². The number of nitriles is 1. The molecule has 2 aliphatic heterocycles. The number of hydrogen-bond donors (Lipinski definition) is 1. The predicted octanol–water partition coefficient (Wildman–Crippen LogP) is 5.36. The van der Waals surface area contributed by atoms with Gasteiger partial charge in [0.2, 0.25) is 5.88 Å². The van der Waals surface area contributed by atoms with Crippen LogP contribution in [0.25, 0.3) is 6.08 Å². The minimum atomic E-state index is -0.308. The Labute approximate surface area is 217 Å². The average Bonchev–Trinajstić information content (AvgIpc) is 2.94. The van der Waals surface area contributed by atoms with Gasteiger partial charge in [-0.25, -0.2) is 0 Å². The van der Waals surface area contributed by atoms with Crippen molar-refractivity contribution in [3.8, 4) is 17.6 Å². The first-order valence-electron chi connectivity index (χ1n) is 12.2. The molecule has 0 aliphatic carbocycles. The molecule has 2 aliphatic rings. The molecule has 0 fully saturated rings. The fraction of sp³-hybridized carbons (Fsp3) is 0.194. The largest absolute Gasteiger partial charge is 0.497 e. The molecule has 0 saturated heterocycles. The first-order valence-corrected chi connectivity index (χ1v) is 12.2. The molecule has 186 valence electrons. The second-order valence-electron chi connectivity index (χ2n) is 9.13. The van der Waals surface area contributed by atoms with Crippen molar-refractivity contribution in [2.75, 3.05) is 27.3 Å². The van der Waals surface area contributed by atoms with Gasteiger partial charge in [0.1, 0.15) is 28.9 Å². The van der Waals surface area contributed by atoms with E-state index in [9.17, 15) is 5.26 Å². The summed E-state index contributed by atoms with van der Waals surface area (Å²) in [5.74, 6) is 2.15. The van der Waals surface area contributed by atoms with Gasteiger partial charge >= 0.3 is 0 Å². The molecule has 1 unspecified atom stereocenters. The zero-order chi connectivity index (χ0) is 25.8. The van der Waals surface area contributed by atoms with Crippen LogP contribution in [0.2, 0.25) is 0 Å². The van der Waals surface area contributed by atoms with Crippen molar-refractivity contribution in [1.29, 1.82) is 5.26 Å². The summed E-state index contributed by atoms with van der Waals surface area (Å²) in [4.78, 5) is 2.37. The highest BCUT2D eigenvalue weighted by atomic mass is 16.5. The lowest BCUT2D eigenvalue weighted by Crippen LogP contribution is -2.37. The molecule has 3 aromatic rings. The Kier molecular flexibility index (Phi) is 6.98. The van der Waals surface area contributed by atoms with E-state index in [1.54, 1.807) is 14.2 Å². The number of allylic oxidation sites excluding steroid dienone is 1. The fourth-order valence-electron chi connectivity index (χ4n) is 4.97. The van der Waals surface area contributed by atoms with Gasteiger partial charge in [0.25, 0.3) is 0 Å². The summed E-state index contributed by atoms with van der Waals surface area (Å²) in [6.45, 7) is 2.11. The smallest absolute Gasteiger partial charge is 0.205 e. The lowest BCUT2D eigenvalue weighted by atomic mass is 9.80. The highest BCUT2D eigenvalue weighted by Crippen LogP contribution is 2.44. The zero-order valence-electron chi connectivity index (χ0n) is 21.0. The summed E-state index contributed by atoms with van der Waals surface area (Å²) in [7, 11) is 3.30.